The molecule has 0 radical (unpaired) electrons. The van der Waals surface area contributed by atoms with Crippen LogP contribution in [-0.4, -0.2) is 24.3 Å². The van der Waals surface area contributed by atoms with Crippen LogP contribution >= 0.6 is 0 Å². The van der Waals surface area contributed by atoms with Crippen molar-refractivity contribution in [2.75, 3.05) is 0 Å². The van der Waals surface area contributed by atoms with Crippen molar-refractivity contribution in [2.24, 2.45) is 23.2 Å². The molecular formula is C10H9NO3. The maximum absolute atomic E-state index is 10.9. The lowest BCUT2D eigenvalue weighted by Crippen LogP contribution is -2.39. The maximum atomic E-state index is 10.9. The monoisotopic (exact) mass is 191 g/mol. The van der Waals surface area contributed by atoms with Crippen molar-refractivity contribution >= 4 is 5.97 Å². The Hall–Kier alpha value is -1.08. The zero-order chi connectivity index (χ0) is 9.66. The number of nitriles is 1. The number of carbonyl (C=O) groups is 1. The second-order valence-corrected chi connectivity index (χ2v) is 4.76. The fourth-order valence-electron chi connectivity index (χ4n) is 3.66. The average molecular weight is 191 g/mol. The highest BCUT2D eigenvalue weighted by atomic mass is 16.6. The number of epoxide rings is 1. The van der Waals surface area contributed by atoms with Crippen LogP contribution in [0.25, 0.3) is 0 Å². The van der Waals surface area contributed by atoms with Gasteiger partial charge in [0.15, 0.2) is 0 Å². The first-order valence-corrected chi connectivity index (χ1v) is 4.95. The summed E-state index contributed by atoms with van der Waals surface area (Å²) in [5, 5.41) is 9.05. The van der Waals surface area contributed by atoms with E-state index in [0.717, 1.165) is 0 Å². The molecule has 4 aliphatic carbocycles. The van der Waals surface area contributed by atoms with E-state index in [-0.39, 0.29) is 35.6 Å². The van der Waals surface area contributed by atoms with Gasteiger partial charge in [-0.15, -0.1) is 0 Å². The summed E-state index contributed by atoms with van der Waals surface area (Å²) < 4.78 is 10.7. The molecule has 0 aromatic heterocycles. The Morgan fingerprint density at radius 1 is 1.43 bits per heavy atom. The van der Waals surface area contributed by atoms with Gasteiger partial charge in [-0.25, -0.2) is 0 Å². The molecule has 4 saturated carbocycles. The topological polar surface area (TPSA) is 62.6 Å². The van der Waals surface area contributed by atoms with Gasteiger partial charge in [-0.3, -0.25) is 4.79 Å². The summed E-state index contributed by atoms with van der Waals surface area (Å²) in [7, 11) is 0. The van der Waals surface area contributed by atoms with E-state index in [0.29, 0.717) is 11.8 Å². The fraction of sp³-hybridized carbons (Fsp3) is 0.800. The first-order valence-electron chi connectivity index (χ1n) is 4.95. The van der Waals surface area contributed by atoms with E-state index in [2.05, 4.69) is 6.07 Å². The van der Waals surface area contributed by atoms with Gasteiger partial charge in [0.1, 0.15) is 12.2 Å². The van der Waals surface area contributed by atoms with Crippen LogP contribution in [0, 0.1) is 34.5 Å². The number of esters is 1. The van der Waals surface area contributed by atoms with Crippen LogP contribution in [0.1, 0.15) is 6.92 Å². The molecule has 1 saturated heterocycles. The van der Waals surface area contributed by atoms with Crippen LogP contribution in [0.2, 0.25) is 0 Å². The summed E-state index contributed by atoms with van der Waals surface area (Å²) in [6.07, 6.45) is 0.190. The summed E-state index contributed by atoms with van der Waals surface area (Å²) in [4.78, 5) is 10.9. The molecule has 14 heavy (non-hydrogen) atoms. The predicted molar refractivity (Wildman–Crippen MR) is 42.7 cm³/mol. The minimum Gasteiger partial charge on any atom is -0.459 e. The molecule has 72 valence electrons. The highest BCUT2D eigenvalue weighted by Crippen LogP contribution is 2.91. The molecule has 0 aromatic rings. The summed E-state index contributed by atoms with van der Waals surface area (Å²) in [5.41, 5.74) is -0.155. The van der Waals surface area contributed by atoms with Gasteiger partial charge in [0.2, 0.25) is 0 Å². The summed E-state index contributed by atoms with van der Waals surface area (Å²) >= 11 is 0. The molecule has 2 bridgehead atoms. The van der Waals surface area contributed by atoms with E-state index in [1.165, 1.54) is 6.92 Å². The SMILES string of the molecule is CC(=O)O[C@@H]1[C@H]2O[C@H]2[C@H]2C3[C@@H]1[C@]32C#N. The number of hydrogen-bond acceptors (Lipinski definition) is 4. The molecule has 1 heterocycles. The van der Waals surface area contributed by atoms with Gasteiger partial charge in [-0.1, -0.05) is 0 Å². The van der Waals surface area contributed by atoms with Crippen molar-refractivity contribution in [1.29, 1.82) is 5.26 Å². The van der Waals surface area contributed by atoms with Crippen LogP contribution in [0.5, 0.6) is 0 Å². The fourth-order valence-corrected chi connectivity index (χ4v) is 3.66. The number of ether oxygens (including phenoxy) is 2. The van der Waals surface area contributed by atoms with Crippen molar-refractivity contribution in [3.05, 3.63) is 0 Å². The number of rotatable bonds is 1. The zero-order valence-electron chi connectivity index (χ0n) is 7.64. The lowest BCUT2D eigenvalue weighted by atomic mass is 9.81. The lowest BCUT2D eigenvalue weighted by Gasteiger charge is -2.26. The average Bonchev–Trinajstić information content (AvgIpc) is 2.99. The van der Waals surface area contributed by atoms with Crippen molar-refractivity contribution in [3.8, 4) is 6.07 Å². The summed E-state index contributed by atoms with van der Waals surface area (Å²) in [6.45, 7) is 1.41. The van der Waals surface area contributed by atoms with Gasteiger partial charge in [-0.2, -0.15) is 5.26 Å². The van der Waals surface area contributed by atoms with E-state index >= 15 is 0 Å². The molecule has 0 spiro atoms. The summed E-state index contributed by atoms with van der Waals surface area (Å²) in [6, 6.07) is 2.38. The minimum atomic E-state index is -0.262. The van der Waals surface area contributed by atoms with Crippen molar-refractivity contribution in [1.82, 2.24) is 0 Å². The Balaban J connectivity index is 1.64. The Morgan fingerprint density at radius 2 is 2.21 bits per heavy atom. The van der Waals surface area contributed by atoms with Gasteiger partial charge >= 0.3 is 5.97 Å². The van der Waals surface area contributed by atoms with Crippen LogP contribution in [0.3, 0.4) is 0 Å². The molecule has 0 amide bonds. The van der Waals surface area contributed by atoms with Crippen LogP contribution in [0.15, 0.2) is 0 Å². The number of nitrogens with zero attached hydrogens (tertiary/aromatic N) is 1. The van der Waals surface area contributed by atoms with Gasteiger partial charge < -0.3 is 9.47 Å². The number of hydrogen-bond donors (Lipinski definition) is 0. The molecule has 4 heteroatoms. The normalized spacial score (nSPS) is 64.3. The van der Waals surface area contributed by atoms with E-state index in [4.69, 9.17) is 14.7 Å². The van der Waals surface area contributed by atoms with Crippen molar-refractivity contribution in [3.63, 3.8) is 0 Å². The highest BCUT2D eigenvalue weighted by Gasteiger charge is 2.98. The molecule has 0 aromatic carbocycles. The standard InChI is InChI=1S/C10H9NO3/c1-3(12)13-7-5-4-6(8-9(7)14-8)10(4,5)2-11/h4-9H,1H3/t4?,5-,6+,7-,8-,9+,10-/m0/s1. The van der Waals surface area contributed by atoms with E-state index in [1.807, 2.05) is 0 Å². The van der Waals surface area contributed by atoms with Crippen LogP contribution in [0.4, 0.5) is 0 Å². The van der Waals surface area contributed by atoms with Crippen LogP contribution < -0.4 is 0 Å². The third kappa shape index (κ3) is 0.510. The Labute approximate surface area is 80.8 Å². The van der Waals surface area contributed by atoms with E-state index < -0.39 is 0 Å². The number of carbonyl (C=O) groups excluding carboxylic acids is 1. The van der Waals surface area contributed by atoms with Crippen molar-refractivity contribution < 1.29 is 14.3 Å². The molecule has 4 nitrogen and oxygen atoms in total. The third-order valence-corrected chi connectivity index (χ3v) is 4.30. The predicted octanol–water partition coefficient (Wildman–Crippen LogP) is 0.0849. The van der Waals surface area contributed by atoms with Crippen molar-refractivity contribution in [2.45, 2.75) is 25.2 Å². The van der Waals surface area contributed by atoms with Crippen LogP contribution in [-0.2, 0) is 14.3 Å². The van der Waals surface area contributed by atoms with Gasteiger partial charge in [0, 0.05) is 18.8 Å². The Morgan fingerprint density at radius 3 is 2.79 bits per heavy atom. The second kappa shape index (κ2) is 1.70. The van der Waals surface area contributed by atoms with Gasteiger partial charge in [0.25, 0.3) is 0 Å². The molecular weight excluding hydrogens is 182 g/mol. The largest absolute Gasteiger partial charge is 0.459 e. The second-order valence-electron chi connectivity index (χ2n) is 4.76. The Kier molecular flexibility index (Phi) is 0.879. The Bertz CT molecular complexity index is 401. The maximum Gasteiger partial charge on any atom is 0.303 e. The lowest BCUT2D eigenvalue weighted by molar-refractivity contribution is -0.150. The zero-order valence-corrected chi connectivity index (χ0v) is 7.64. The first kappa shape index (κ1) is 7.24. The minimum absolute atomic E-state index is 0.106. The smallest absolute Gasteiger partial charge is 0.303 e. The highest BCUT2D eigenvalue weighted by molar-refractivity contribution is 5.67. The van der Waals surface area contributed by atoms with Gasteiger partial charge in [0.05, 0.1) is 17.6 Å². The molecule has 5 rings (SSSR count). The molecule has 1 aliphatic heterocycles. The molecule has 0 N–H and O–H groups in total. The molecule has 5 fully saturated rings. The summed E-state index contributed by atoms with van der Waals surface area (Å²) in [5.74, 6) is 0.960. The molecule has 5 aliphatic rings. The molecule has 1 unspecified atom stereocenters. The molecule has 7 atom stereocenters. The quantitative estimate of drug-likeness (QED) is 0.435. The van der Waals surface area contributed by atoms with Gasteiger partial charge in [-0.05, 0) is 5.92 Å². The third-order valence-electron chi connectivity index (χ3n) is 4.30. The van der Waals surface area contributed by atoms with E-state index in [1.54, 1.807) is 0 Å². The van der Waals surface area contributed by atoms with E-state index in [9.17, 15) is 4.79 Å². The first-order chi connectivity index (χ1) is 6.71.